The van der Waals surface area contributed by atoms with E-state index in [1.807, 2.05) is 5.40 Å². The van der Waals surface area contributed by atoms with Crippen LogP contribution in [0.15, 0.2) is 10.4 Å². The third kappa shape index (κ3) is 2.93. The van der Waals surface area contributed by atoms with Crippen LogP contribution in [0.2, 0.25) is 0 Å². The highest BCUT2D eigenvalue weighted by molar-refractivity contribution is 8.05. The van der Waals surface area contributed by atoms with E-state index in [0.717, 1.165) is 16.0 Å². The maximum Gasteiger partial charge on any atom is 0.320 e. The Kier molecular flexibility index (Phi) is 3.54. The molecule has 0 radical (unpaired) electrons. The largest absolute Gasteiger partial charge is 0.341 e. The first-order valence-electron chi connectivity index (χ1n) is 3.26. The molecule has 0 aromatic carbocycles. The second kappa shape index (κ2) is 4.69. The highest BCUT2D eigenvalue weighted by atomic mass is 32.2. The predicted octanol–water partition coefficient (Wildman–Crippen LogP) is 1.47. The molecule has 0 aliphatic carbocycles. The van der Waals surface area contributed by atoms with E-state index in [1.54, 1.807) is 6.20 Å². The average Bonchev–Trinajstić information content (AvgIpc) is 2.53. The molecule has 68 valence electrons. The fraction of sp³-hybridized carbons (Fsp3) is 0.167. The van der Waals surface area contributed by atoms with Gasteiger partial charge in [-0.15, -0.1) is 0 Å². The highest BCUT2D eigenvalue weighted by Gasteiger charge is 2.04. The predicted molar refractivity (Wildman–Crippen MR) is 51.7 cm³/mol. The smallest absolute Gasteiger partial charge is 0.320 e. The molecule has 5 nitrogen and oxygen atoms in total. The van der Waals surface area contributed by atoms with E-state index in [0.29, 0.717) is 5.13 Å². The first-order chi connectivity index (χ1) is 6.26. The topological polar surface area (TPSA) is 77.8 Å². The minimum atomic E-state index is -0.317. The molecule has 0 bridgehead atoms. The number of nitrogens with one attached hydrogen (secondary N) is 2. The van der Waals surface area contributed by atoms with E-state index >= 15 is 0 Å². The lowest BCUT2D eigenvalue weighted by Crippen LogP contribution is -2.24. The number of amides is 2. The maximum absolute atomic E-state index is 10.8. The summed E-state index contributed by atoms with van der Waals surface area (Å²) in [6.07, 6.45) is 1.55. The Bertz CT molecular complexity index is 343. The van der Waals surface area contributed by atoms with Crippen molar-refractivity contribution >= 4 is 34.3 Å². The van der Waals surface area contributed by atoms with Gasteiger partial charge < -0.3 is 5.32 Å². The first-order valence-corrected chi connectivity index (χ1v) is 4.90. The van der Waals surface area contributed by atoms with Crippen molar-refractivity contribution in [2.75, 3.05) is 12.4 Å². The van der Waals surface area contributed by atoms with Crippen LogP contribution < -0.4 is 10.6 Å². The molecule has 1 heterocycles. The van der Waals surface area contributed by atoms with Crippen molar-refractivity contribution in [1.82, 2.24) is 10.3 Å². The van der Waals surface area contributed by atoms with E-state index in [2.05, 4.69) is 15.6 Å². The lowest BCUT2D eigenvalue weighted by Gasteiger charge is -1.97. The quantitative estimate of drug-likeness (QED) is 0.577. The number of anilines is 1. The number of carbonyl (C=O) groups is 1. The van der Waals surface area contributed by atoms with Crippen LogP contribution in [0.4, 0.5) is 9.93 Å². The number of thiocyanates is 1. The van der Waals surface area contributed by atoms with E-state index < -0.39 is 0 Å². The van der Waals surface area contributed by atoms with Gasteiger partial charge in [-0.25, -0.2) is 9.78 Å². The van der Waals surface area contributed by atoms with Crippen molar-refractivity contribution < 1.29 is 4.79 Å². The number of urea groups is 1. The van der Waals surface area contributed by atoms with Crippen molar-refractivity contribution in [3.05, 3.63) is 6.20 Å². The van der Waals surface area contributed by atoms with Gasteiger partial charge in [0.1, 0.15) is 5.40 Å². The minimum Gasteiger partial charge on any atom is -0.341 e. The maximum atomic E-state index is 10.8. The number of carbonyl (C=O) groups excluding carboxylic acids is 1. The van der Waals surface area contributed by atoms with E-state index in [-0.39, 0.29) is 6.03 Å². The summed E-state index contributed by atoms with van der Waals surface area (Å²) in [6.45, 7) is 0. The summed E-state index contributed by atoms with van der Waals surface area (Å²) in [6, 6.07) is -0.317. The Morgan fingerprint density at radius 3 is 3.23 bits per heavy atom. The van der Waals surface area contributed by atoms with Crippen molar-refractivity contribution in [3.63, 3.8) is 0 Å². The molecule has 0 unspecified atom stereocenters. The minimum absolute atomic E-state index is 0.317. The molecule has 0 saturated carbocycles. The zero-order valence-electron chi connectivity index (χ0n) is 6.70. The number of thiazole rings is 1. The fourth-order valence-electron chi connectivity index (χ4n) is 0.569. The van der Waals surface area contributed by atoms with Crippen LogP contribution in [0.25, 0.3) is 0 Å². The standard InChI is InChI=1S/C6H6N4OS2/c1-8-5(11)10-6-9-2-4(13-6)12-3-7/h2H,1H3,(H2,8,9,10,11). The van der Waals surface area contributed by atoms with Crippen LogP contribution in [-0.4, -0.2) is 18.1 Å². The van der Waals surface area contributed by atoms with Crippen molar-refractivity contribution in [3.8, 4) is 5.40 Å². The fourth-order valence-corrected chi connectivity index (χ4v) is 1.82. The SMILES string of the molecule is CNC(=O)Nc1ncc(SC#N)s1. The molecule has 0 spiro atoms. The molecule has 0 atom stereocenters. The number of nitriles is 1. The summed E-state index contributed by atoms with van der Waals surface area (Å²) >= 11 is 2.28. The lowest BCUT2D eigenvalue weighted by molar-refractivity contribution is 0.254. The van der Waals surface area contributed by atoms with Crippen LogP contribution >= 0.6 is 23.1 Å². The zero-order valence-corrected chi connectivity index (χ0v) is 8.33. The van der Waals surface area contributed by atoms with Gasteiger partial charge in [0.05, 0.1) is 10.4 Å². The van der Waals surface area contributed by atoms with Gasteiger partial charge in [0, 0.05) is 18.8 Å². The molecule has 2 amide bonds. The Morgan fingerprint density at radius 2 is 2.62 bits per heavy atom. The van der Waals surface area contributed by atoms with Crippen molar-refractivity contribution in [1.29, 1.82) is 5.26 Å². The van der Waals surface area contributed by atoms with Crippen LogP contribution in [0, 0.1) is 10.7 Å². The number of hydrogen-bond acceptors (Lipinski definition) is 5. The molecular formula is C6H6N4OS2. The summed E-state index contributed by atoms with van der Waals surface area (Å²) < 4.78 is 0.758. The second-order valence-electron chi connectivity index (χ2n) is 1.88. The lowest BCUT2D eigenvalue weighted by atomic mass is 10.9. The van der Waals surface area contributed by atoms with E-state index in [4.69, 9.17) is 5.26 Å². The average molecular weight is 214 g/mol. The third-order valence-electron chi connectivity index (χ3n) is 1.08. The van der Waals surface area contributed by atoms with Crippen molar-refractivity contribution in [2.24, 2.45) is 0 Å². The van der Waals surface area contributed by atoms with Gasteiger partial charge in [-0.2, -0.15) is 5.26 Å². The number of aromatic nitrogens is 1. The molecule has 1 rings (SSSR count). The summed E-state index contributed by atoms with van der Waals surface area (Å²) in [5, 5.41) is 15.7. The molecule has 13 heavy (non-hydrogen) atoms. The summed E-state index contributed by atoms with van der Waals surface area (Å²) in [5.74, 6) is 0. The van der Waals surface area contributed by atoms with Crippen LogP contribution in [-0.2, 0) is 0 Å². The summed E-state index contributed by atoms with van der Waals surface area (Å²) in [5.41, 5.74) is 0. The highest BCUT2D eigenvalue weighted by Crippen LogP contribution is 2.26. The number of thioether (sulfide) groups is 1. The molecule has 0 aliphatic heterocycles. The van der Waals surface area contributed by atoms with Gasteiger partial charge in [0.2, 0.25) is 0 Å². The molecule has 0 saturated heterocycles. The normalized spacial score (nSPS) is 8.92. The third-order valence-corrected chi connectivity index (χ3v) is 2.68. The Morgan fingerprint density at radius 1 is 1.85 bits per heavy atom. The molecule has 0 fully saturated rings. The van der Waals surface area contributed by atoms with Crippen LogP contribution in [0.5, 0.6) is 0 Å². The van der Waals surface area contributed by atoms with Crippen molar-refractivity contribution in [2.45, 2.75) is 4.21 Å². The Balaban J connectivity index is 2.59. The van der Waals surface area contributed by atoms with Gasteiger partial charge in [0.15, 0.2) is 5.13 Å². The number of rotatable bonds is 2. The van der Waals surface area contributed by atoms with Gasteiger partial charge in [0.25, 0.3) is 0 Å². The monoisotopic (exact) mass is 214 g/mol. The van der Waals surface area contributed by atoms with Crippen LogP contribution in [0.1, 0.15) is 0 Å². The van der Waals surface area contributed by atoms with E-state index in [9.17, 15) is 4.79 Å². The van der Waals surface area contributed by atoms with E-state index in [1.165, 1.54) is 18.4 Å². The first kappa shape index (κ1) is 9.83. The molecular weight excluding hydrogens is 208 g/mol. The Hall–Kier alpha value is -1.26. The molecule has 2 N–H and O–H groups in total. The molecule has 0 aliphatic rings. The number of nitrogens with zero attached hydrogens (tertiary/aromatic N) is 2. The summed E-state index contributed by atoms with van der Waals surface area (Å²) in [4.78, 5) is 14.7. The molecule has 1 aromatic heterocycles. The van der Waals surface area contributed by atoms with Gasteiger partial charge in [-0.3, -0.25) is 5.32 Å². The van der Waals surface area contributed by atoms with Gasteiger partial charge in [-0.1, -0.05) is 11.3 Å². The van der Waals surface area contributed by atoms with Gasteiger partial charge >= 0.3 is 6.03 Å². The van der Waals surface area contributed by atoms with Gasteiger partial charge in [-0.05, 0) is 0 Å². The van der Waals surface area contributed by atoms with Crippen LogP contribution in [0.3, 0.4) is 0 Å². The second-order valence-corrected chi connectivity index (χ2v) is 4.00. The molecule has 7 heteroatoms. The zero-order chi connectivity index (χ0) is 9.68. The Labute approximate surface area is 83.2 Å². The number of hydrogen-bond donors (Lipinski definition) is 2. The molecule has 1 aromatic rings. The summed E-state index contributed by atoms with van der Waals surface area (Å²) in [7, 11) is 1.52.